The van der Waals surface area contributed by atoms with E-state index in [0.717, 1.165) is 45.9 Å². The Morgan fingerprint density at radius 2 is 1.79 bits per heavy atom. The van der Waals surface area contributed by atoms with Gasteiger partial charge in [0.05, 0.1) is 13.2 Å². The van der Waals surface area contributed by atoms with Crippen LogP contribution in [0.15, 0.2) is 30.3 Å². The molecule has 0 aliphatic carbocycles. The Bertz CT molecular complexity index is 323. The maximum atomic E-state index is 5.34. The first-order chi connectivity index (χ1) is 9.45. The van der Waals surface area contributed by atoms with Gasteiger partial charge in [-0.3, -0.25) is 4.90 Å². The summed E-state index contributed by atoms with van der Waals surface area (Å²) in [5.74, 6) is 0. The Morgan fingerprint density at radius 3 is 2.58 bits per heavy atom. The van der Waals surface area contributed by atoms with E-state index in [1.807, 2.05) is 0 Å². The van der Waals surface area contributed by atoms with Gasteiger partial charge in [-0.25, -0.2) is 0 Å². The molecule has 106 valence electrons. The van der Waals surface area contributed by atoms with Gasteiger partial charge in [0, 0.05) is 26.2 Å². The Morgan fingerprint density at radius 1 is 1.00 bits per heavy atom. The van der Waals surface area contributed by atoms with Gasteiger partial charge in [0.15, 0.2) is 0 Å². The minimum atomic E-state index is 0.900. The van der Waals surface area contributed by atoms with Crippen molar-refractivity contribution in [3.05, 3.63) is 35.9 Å². The summed E-state index contributed by atoms with van der Waals surface area (Å²) in [6.45, 7) is 7.38. The lowest BCUT2D eigenvalue weighted by Crippen LogP contribution is -2.40. The molecule has 1 aromatic carbocycles. The van der Waals surface area contributed by atoms with Crippen molar-refractivity contribution in [1.82, 2.24) is 10.2 Å². The smallest absolute Gasteiger partial charge is 0.0594 e. The molecule has 1 N–H and O–H groups in total. The maximum Gasteiger partial charge on any atom is 0.0594 e. The van der Waals surface area contributed by atoms with Crippen molar-refractivity contribution in [3.63, 3.8) is 0 Å². The highest BCUT2D eigenvalue weighted by Crippen LogP contribution is 2.03. The predicted molar refractivity (Wildman–Crippen MR) is 79.5 cm³/mol. The standard InChI is InChI=1S/C16H26N2O/c1-2-6-16(7-3-1)8-4-5-9-17-10-11-18-12-14-19-15-13-18/h1-3,6-7,17H,4-5,8-15H2. The Hall–Kier alpha value is -0.900. The molecule has 0 spiro atoms. The molecule has 3 nitrogen and oxygen atoms in total. The number of hydrogen-bond donors (Lipinski definition) is 1. The number of nitrogens with one attached hydrogen (secondary N) is 1. The van der Waals surface area contributed by atoms with E-state index in [1.165, 1.54) is 24.8 Å². The number of rotatable bonds is 8. The lowest BCUT2D eigenvalue weighted by Gasteiger charge is -2.26. The summed E-state index contributed by atoms with van der Waals surface area (Å²) in [6.07, 6.45) is 3.73. The van der Waals surface area contributed by atoms with Crippen LogP contribution in [0.4, 0.5) is 0 Å². The van der Waals surface area contributed by atoms with E-state index in [0.29, 0.717) is 0 Å². The molecule has 1 fully saturated rings. The van der Waals surface area contributed by atoms with Crippen LogP contribution in [0.1, 0.15) is 18.4 Å². The highest BCUT2D eigenvalue weighted by molar-refractivity contribution is 5.14. The van der Waals surface area contributed by atoms with Gasteiger partial charge in [0.1, 0.15) is 0 Å². The molecule has 0 atom stereocenters. The molecule has 0 unspecified atom stereocenters. The minimum absolute atomic E-state index is 0.900. The fraction of sp³-hybridized carbons (Fsp3) is 0.625. The molecule has 2 rings (SSSR count). The highest BCUT2D eigenvalue weighted by Gasteiger charge is 2.08. The summed E-state index contributed by atoms with van der Waals surface area (Å²) < 4.78 is 5.34. The molecule has 0 bridgehead atoms. The summed E-state index contributed by atoms with van der Waals surface area (Å²) in [6, 6.07) is 10.8. The molecule has 0 radical (unpaired) electrons. The van der Waals surface area contributed by atoms with Crippen LogP contribution in [0.2, 0.25) is 0 Å². The van der Waals surface area contributed by atoms with Crippen LogP contribution < -0.4 is 5.32 Å². The van der Waals surface area contributed by atoms with Gasteiger partial charge in [-0.2, -0.15) is 0 Å². The average Bonchev–Trinajstić information content (AvgIpc) is 2.48. The van der Waals surface area contributed by atoms with E-state index in [-0.39, 0.29) is 0 Å². The fourth-order valence-electron chi connectivity index (χ4n) is 2.41. The number of aryl methyl sites for hydroxylation is 1. The minimum Gasteiger partial charge on any atom is -0.379 e. The zero-order valence-corrected chi connectivity index (χ0v) is 11.8. The quantitative estimate of drug-likeness (QED) is 0.725. The zero-order valence-electron chi connectivity index (χ0n) is 11.8. The third kappa shape index (κ3) is 6.19. The monoisotopic (exact) mass is 262 g/mol. The first-order valence-electron chi connectivity index (χ1n) is 7.50. The molecule has 1 heterocycles. The molecule has 1 aliphatic heterocycles. The average molecular weight is 262 g/mol. The van der Waals surface area contributed by atoms with Gasteiger partial charge in [-0.05, 0) is 31.4 Å². The normalized spacial score (nSPS) is 16.6. The Labute approximate surface area is 116 Å². The van der Waals surface area contributed by atoms with E-state index in [1.54, 1.807) is 0 Å². The molecule has 0 saturated carbocycles. The number of benzene rings is 1. The van der Waals surface area contributed by atoms with Crippen LogP contribution in [0.3, 0.4) is 0 Å². The predicted octanol–water partition coefficient (Wildman–Crippen LogP) is 1.93. The second-order valence-electron chi connectivity index (χ2n) is 5.15. The summed E-state index contributed by atoms with van der Waals surface area (Å²) in [5.41, 5.74) is 1.45. The van der Waals surface area contributed by atoms with Gasteiger partial charge in [0.25, 0.3) is 0 Å². The third-order valence-electron chi connectivity index (χ3n) is 3.62. The maximum absolute atomic E-state index is 5.34. The van der Waals surface area contributed by atoms with Crippen molar-refractivity contribution < 1.29 is 4.74 Å². The second kappa shape index (κ2) is 9.08. The van der Waals surface area contributed by atoms with Crippen LogP contribution in [-0.4, -0.2) is 50.8 Å². The van der Waals surface area contributed by atoms with E-state index < -0.39 is 0 Å². The molecule has 0 amide bonds. The van der Waals surface area contributed by atoms with Crippen molar-refractivity contribution in [2.75, 3.05) is 45.9 Å². The number of ether oxygens (including phenoxy) is 1. The highest BCUT2D eigenvalue weighted by atomic mass is 16.5. The largest absolute Gasteiger partial charge is 0.379 e. The van der Waals surface area contributed by atoms with Crippen molar-refractivity contribution >= 4 is 0 Å². The zero-order chi connectivity index (χ0) is 13.2. The van der Waals surface area contributed by atoms with E-state index in [4.69, 9.17) is 4.74 Å². The van der Waals surface area contributed by atoms with Gasteiger partial charge in [0.2, 0.25) is 0 Å². The summed E-state index contributed by atoms with van der Waals surface area (Å²) in [7, 11) is 0. The molecule has 1 aromatic rings. The topological polar surface area (TPSA) is 24.5 Å². The van der Waals surface area contributed by atoms with E-state index in [2.05, 4.69) is 40.5 Å². The van der Waals surface area contributed by atoms with Gasteiger partial charge in [-0.1, -0.05) is 30.3 Å². The molecule has 1 saturated heterocycles. The van der Waals surface area contributed by atoms with Crippen LogP contribution in [0, 0.1) is 0 Å². The van der Waals surface area contributed by atoms with Gasteiger partial charge >= 0.3 is 0 Å². The number of hydrogen-bond acceptors (Lipinski definition) is 3. The molecule has 19 heavy (non-hydrogen) atoms. The lowest BCUT2D eigenvalue weighted by molar-refractivity contribution is 0.0384. The Balaban J connectivity index is 1.42. The van der Waals surface area contributed by atoms with Crippen molar-refractivity contribution in [3.8, 4) is 0 Å². The first kappa shape index (κ1) is 14.5. The van der Waals surface area contributed by atoms with Crippen LogP contribution in [-0.2, 0) is 11.2 Å². The molecule has 0 aromatic heterocycles. The molecular weight excluding hydrogens is 236 g/mol. The lowest BCUT2D eigenvalue weighted by atomic mass is 10.1. The van der Waals surface area contributed by atoms with Gasteiger partial charge < -0.3 is 10.1 Å². The molecule has 3 heteroatoms. The van der Waals surface area contributed by atoms with Crippen molar-refractivity contribution in [2.24, 2.45) is 0 Å². The SMILES string of the molecule is c1ccc(CCCCNCCN2CCOCC2)cc1. The first-order valence-corrected chi connectivity index (χ1v) is 7.50. The van der Waals surface area contributed by atoms with Crippen LogP contribution >= 0.6 is 0 Å². The summed E-state index contributed by atoms with van der Waals surface area (Å²) in [5, 5.41) is 3.54. The number of morpholine rings is 1. The molecule has 1 aliphatic rings. The molecular formula is C16H26N2O. The number of unbranched alkanes of at least 4 members (excludes halogenated alkanes) is 1. The van der Waals surface area contributed by atoms with Gasteiger partial charge in [-0.15, -0.1) is 0 Å². The summed E-state index contributed by atoms with van der Waals surface area (Å²) in [4.78, 5) is 2.47. The van der Waals surface area contributed by atoms with Crippen molar-refractivity contribution in [2.45, 2.75) is 19.3 Å². The van der Waals surface area contributed by atoms with Crippen LogP contribution in [0.25, 0.3) is 0 Å². The number of nitrogens with zero attached hydrogens (tertiary/aromatic N) is 1. The van der Waals surface area contributed by atoms with Crippen molar-refractivity contribution in [1.29, 1.82) is 0 Å². The van der Waals surface area contributed by atoms with Crippen LogP contribution in [0.5, 0.6) is 0 Å². The van der Waals surface area contributed by atoms with E-state index >= 15 is 0 Å². The van der Waals surface area contributed by atoms with E-state index in [9.17, 15) is 0 Å². The Kier molecular flexibility index (Phi) is 6.93. The summed E-state index contributed by atoms with van der Waals surface area (Å²) >= 11 is 0. The third-order valence-corrected chi connectivity index (χ3v) is 3.62. The fourth-order valence-corrected chi connectivity index (χ4v) is 2.41. The second-order valence-corrected chi connectivity index (χ2v) is 5.15.